The average molecular weight is 551 g/mol. The lowest BCUT2D eigenvalue weighted by atomic mass is 9.98. The number of aromatic hydroxyl groups is 1. The van der Waals surface area contributed by atoms with Crippen LogP contribution in [0, 0.1) is 5.92 Å². The highest BCUT2D eigenvalue weighted by Crippen LogP contribution is 2.13. The number of carbonyl (C=O) groups is 6. The predicted octanol–water partition coefficient (Wildman–Crippen LogP) is -1.62. The monoisotopic (exact) mass is 550 g/mol. The van der Waals surface area contributed by atoms with Crippen molar-refractivity contribution in [1.82, 2.24) is 16.0 Å². The molecule has 0 saturated carbocycles. The van der Waals surface area contributed by atoms with E-state index in [0.29, 0.717) is 12.0 Å². The van der Waals surface area contributed by atoms with Gasteiger partial charge in [-0.15, -0.1) is 0 Å². The van der Waals surface area contributed by atoms with Crippen LogP contribution in [0.15, 0.2) is 24.3 Å². The SMILES string of the molecule is CCC(C)C(NC(=O)C(CCC(N)=O)NC(=O)C(Cc1ccc(O)cc1)NC(=O)C(N)CCC(N)=O)C(=O)O. The number of hydrogen-bond donors (Lipinski definition) is 8. The number of carbonyl (C=O) groups excluding carboxylic acids is 5. The number of primary amides is 2. The van der Waals surface area contributed by atoms with Crippen molar-refractivity contribution in [2.75, 3.05) is 0 Å². The van der Waals surface area contributed by atoms with E-state index in [4.69, 9.17) is 17.2 Å². The number of aliphatic carboxylic acids is 1. The van der Waals surface area contributed by atoms with E-state index < -0.39 is 65.6 Å². The van der Waals surface area contributed by atoms with Gasteiger partial charge in [0.1, 0.15) is 23.9 Å². The van der Waals surface area contributed by atoms with Gasteiger partial charge in [-0.25, -0.2) is 4.79 Å². The number of rotatable bonds is 17. The molecular weight excluding hydrogens is 512 g/mol. The van der Waals surface area contributed by atoms with Gasteiger partial charge in [-0.3, -0.25) is 24.0 Å². The smallest absolute Gasteiger partial charge is 0.326 e. The first kappa shape index (κ1) is 32.8. The minimum Gasteiger partial charge on any atom is -0.508 e. The molecule has 1 aromatic rings. The van der Waals surface area contributed by atoms with Crippen LogP contribution in [-0.4, -0.2) is 69.9 Å². The number of carboxylic acid groups (broad SMARTS) is 1. The van der Waals surface area contributed by atoms with Crippen molar-refractivity contribution in [3.8, 4) is 5.75 Å². The summed E-state index contributed by atoms with van der Waals surface area (Å²) in [5.74, 6) is -5.53. The molecule has 0 aliphatic rings. The molecule has 14 nitrogen and oxygen atoms in total. The fraction of sp³-hybridized carbons (Fsp3) is 0.520. The van der Waals surface area contributed by atoms with Gasteiger partial charge in [0.2, 0.25) is 29.5 Å². The van der Waals surface area contributed by atoms with E-state index >= 15 is 0 Å². The predicted molar refractivity (Wildman–Crippen MR) is 140 cm³/mol. The first-order chi connectivity index (χ1) is 18.2. The third kappa shape index (κ3) is 11.8. The first-order valence-corrected chi connectivity index (χ1v) is 12.5. The molecular formula is C25H38N6O8. The summed E-state index contributed by atoms with van der Waals surface area (Å²) >= 11 is 0. The van der Waals surface area contributed by atoms with E-state index in [1.165, 1.54) is 24.3 Å². The number of carboxylic acids is 1. The molecule has 11 N–H and O–H groups in total. The van der Waals surface area contributed by atoms with Crippen molar-refractivity contribution in [3.63, 3.8) is 0 Å². The van der Waals surface area contributed by atoms with Crippen LogP contribution in [0.4, 0.5) is 0 Å². The molecule has 14 heteroatoms. The lowest BCUT2D eigenvalue weighted by molar-refractivity contribution is -0.144. The molecule has 0 bridgehead atoms. The van der Waals surface area contributed by atoms with Crippen LogP contribution in [-0.2, 0) is 35.2 Å². The molecule has 1 rings (SSSR count). The van der Waals surface area contributed by atoms with Crippen LogP contribution >= 0.6 is 0 Å². The van der Waals surface area contributed by atoms with Crippen LogP contribution in [0.5, 0.6) is 5.75 Å². The van der Waals surface area contributed by atoms with Crippen molar-refractivity contribution in [2.45, 2.75) is 76.5 Å². The van der Waals surface area contributed by atoms with E-state index in [1.807, 2.05) is 0 Å². The number of amides is 5. The number of phenolic OH excluding ortho intramolecular Hbond substituents is 1. The maximum absolute atomic E-state index is 13.3. The zero-order valence-electron chi connectivity index (χ0n) is 22.0. The Balaban J connectivity index is 3.18. The Hall–Kier alpha value is -4.20. The minimum absolute atomic E-state index is 0.0188. The maximum Gasteiger partial charge on any atom is 0.326 e. The third-order valence-electron chi connectivity index (χ3n) is 6.14. The van der Waals surface area contributed by atoms with Crippen molar-refractivity contribution in [1.29, 1.82) is 0 Å². The van der Waals surface area contributed by atoms with E-state index in [2.05, 4.69) is 16.0 Å². The summed E-state index contributed by atoms with van der Waals surface area (Å²) in [6.45, 7) is 3.39. The van der Waals surface area contributed by atoms with Gasteiger partial charge < -0.3 is 43.4 Å². The molecule has 216 valence electrons. The lowest BCUT2D eigenvalue weighted by Crippen LogP contribution is -2.58. The van der Waals surface area contributed by atoms with Crippen LogP contribution in [0.2, 0.25) is 0 Å². The summed E-state index contributed by atoms with van der Waals surface area (Å²) in [5.41, 5.74) is 16.7. The molecule has 0 aliphatic carbocycles. The molecule has 0 aliphatic heterocycles. The van der Waals surface area contributed by atoms with Gasteiger partial charge in [-0.1, -0.05) is 32.4 Å². The standard InChI is InChI=1S/C25H38N6O8/c1-3-13(2)21(25(38)39)31-23(36)17(9-11-20(28)34)29-24(37)18(12-14-4-6-15(32)7-5-14)30-22(35)16(26)8-10-19(27)33/h4-7,13,16-18,21,32H,3,8-12,26H2,1-2H3,(H2,27,33)(H2,28,34)(H,29,37)(H,30,35)(H,31,36)(H,38,39). The fourth-order valence-corrected chi connectivity index (χ4v) is 3.55. The van der Waals surface area contributed by atoms with Gasteiger partial charge >= 0.3 is 5.97 Å². The highest BCUT2D eigenvalue weighted by atomic mass is 16.4. The van der Waals surface area contributed by atoms with Crippen molar-refractivity contribution in [2.24, 2.45) is 23.1 Å². The second-order valence-electron chi connectivity index (χ2n) is 9.32. The lowest BCUT2D eigenvalue weighted by Gasteiger charge is -2.26. The maximum atomic E-state index is 13.3. The van der Waals surface area contributed by atoms with Gasteiger partial charge in [-0.2, -0.15) is 0 Å². The molecule has 0 heterocycles. The van der Waals surface area contributed by atoms with Crippen LogP contribution in [0.25, 0.3) is 0 Å². The highest BCUT2D eigenvalue weighted by Gasteiger charge is 2.32. The number of phenols is 1. The molecule has 0 radical (unpaired) electrons. The highest BCUT2D eigenvalue weighted by molar-refractivity contribution is 5.94. The Bertz CT molecular complexity index is 1030. The van der Waals surface area contributed by atoms with Crippen molar-refractivity contribution >= 4 is 35.5 Å². The topological polar surface area (TPSA) is 257 Å². The molecule has 0 aromatic heterocycles. The fourth-order valence-electron chi connectivity index (χ4n) is 3.55. The number of nitrogens with one attached hydrogen (secondary N) is 3. The quantitative estimate of drug-likeness (QED) is 0.111. The van der Waals surface area contributed by atoms with E-state index in [1.54, 1.807) is 13.8 Å². The van der Waals surface area contributed by atoms with Crippen LogP contribution in [0.3, 0.4) is 0 Å². The molecule has 5 amide bonds. The van der Waals surface area contributed by atoms with Crippen LogP contribution < -0.4 is 33.2 Å². The zero-order valence-corrected chi connectivity index (χ0v) is 22.0. The Morgan fingerprint density at radius 3 is 1.85 bits per heavy atom. The second kappa shape index (κ2) is 15.9. The largest absolute Gasteiger partial charge is 0.508 e. The summed E-state index contributed by atoms with van der Waals surface area (Å²) in [7, 11) is 0. The Morgan fingerprint density at radius 1 is 0.821 bits per heavy atom. The normalized spacial score (nSPS) is 14.6. The summed E-state index contributed by atoms with van der Waals surface area (Å²) < 4.78 is 0. The van der Waals surface area contributed by atoms with Crippen molar-refractivity contribution < 1.29 is 39.0 Å². The zero-order chi connectivity index (χ0) is 29.7. The molecule has 0 saturated heterocycles. The van der Waals surface area contributed by atoms with Gasteiger partial charge in [0.15, 0.2) is 0 Å². The molecule has 5 atom stereocenters. The van der Waals surface area contributed by atoms with Gasteiger partial charge in [0.05, 0.1) is 6.04 Å². The molecule has 39 heavy (non-hydrogen) atoms. The molecule has 0 spiro atoms. The molecule has 0 fully saturated rings. The minimum atomic E-state index is -1.35. The Kier molecular flexibility index (Phi) is 13.4. The third-order valence-corrected chi connectivity index (χ3v) is 6.14. The molecule has 5 unspecified atom stereocenters. The Morgan fingerprint density at radius 2 is 1.33 bits per heavy atom. The molecule has 1 aromatic carbocycles. The van der Waals surface area contributed by atoms with Crippen molar-refractivity contribution in [3.05, 3.63) is 29.8 Å². The number of nitrogens with two attached hydrogens (primary N) is 3. The van der Waals surface area contributed by atoms with E-state index in [9.17, 15) is 39.0 Å². The average Bonchev–Trinajstić information content (AvgIpc) is 2.87. The number of benzene rings is 1. The van der Waals surface area contributed by atoms with Crippen LogP contribution in [0.1, 0.15) is 51.5 Å². The summed E-state index contributed by atoms with van der Waals surface area (Å²) in [6, 6.07) is 0.795. The van der Waals surface area contributed by atoms with Gasteiger partial charge in [-0.05, 0) is 36.5 Å². The van der Waals surface area contributed by atoms with E-state index in [0.717, 1.165) is 0 Å². The Labute approximate surface area is 226 Å². The number of hydrogen-bond acceptors (Lipinski definition) is 8. The summed E-state index contributed by atoms with van der Waals surface area (Å²) in [6.07, 6.45) is -0.351. The van der Waals surface area contributed by atoms with E-state index in [-0.39, 0.29) is 37.9 Å². The summed E-state index contributed by atoms with van der Waals surface area (Å²) in [4.78, 5) is 73.1. The summed E-state index contributed by atoms with van der Waals surface area (Å²) in [5, 5.41) is 26.4. The second-order valence-corrected chi connectivity index (χ2v) is 9.32. The van der Waals surface area contributed by atoms with Gasteiger partial charge in [0.25, 0.3) is 0 Å². The van der Waals surface area contributed by atoms with Gasteiger partial charge in [0, 0.05) is 19.3 Å². The first-order valence-electron chi connectivity index (χ1n) is 12.5.